The number of carbonyl (C=O) groups excluding carboxylic acids is 3. The third kappa shape index (κ3) is 5.11. The molecule has 0 unspecified atom stereocenters. The molecule has 0 bridgehead atoms. The number of rotatable bonds is 5. The van der Waals surface area contributed by atoms with Crippen LogP contribution in [0.3, 0.4) is 0 Å². The summed E-state index contributed by atoms with van der Waals surface area (Å²) in [4.78, 5) is 36.6. The Morgan fingerprint density at radius 3 is 2.61 bits per heavy atom. The van der Waals surface area contributed by atoms with Gasteiger partial charge in [-0.3, -0.25) is 14.4 Å². The maximum atomic E-state index is 11.7. The van der Waals surface area contributed by atoms with Crippen molar-refractivity contribution in [3.8, 4) is 0 Å². The van der Waals surface area contributed by atoms with E-state index in [1.54, 1.807) is 11.0 Å². The van der Waals surface area contributed by atoms with Crippen molar-refractivity contribution in [2.75, 3.05) is 25.0 Å². The molecule has 0 aromatic heterocycles. The van der Waals surface area contributed by atoms with E-state index < -0.39 is 11.8 Å². The van der Waals surface area contributed by atoms with Gasteiger partial charge in [-0.05, 0) is 31.0 Å². The van der Waals surface area contributed by atoms with Crippen LogP contribution in [0.25, 0.3) is 0 Å². The molecule has 1 fully saturated rings. The van der Waals surface area contributed by atoms with Crippen molar-refractivity contribution in [3.63, 3.8) is 0 Å². The fourth-order valence-electron chi connectivity index (χ4n) is 2.25. The molecular formula is C15H17Cl2N3O3. The fraction of sp³-hybridized carbons (Fsp3) is 0.400. The fourth-order valence-corrected chi connectivity index (χ4v) is 2.55. The molecule has 1 aliphatic rings. The SMILES string of the molecule is O=C(NCCCN1CCCC1=O)C(=O)Nc1ccc(Cl)c(Cl)c1. The van der Waals surface area contributed by atoms with Crippen LogP contribution in [-0.2, 0) is 14.4 Å². The minimum absolute atomic E-state index is 0.147. The molecule has 23 heavy (non-hydrogen) atoms. The Hall–Kier alpha value is -1.79. The average Bonchev–Trinajstić information content (AvgIpc) is 2.92. The van der Waals surface area contributed by atoms with E-state index in [1.807, 2.05) is 0 Å². The van der Waals surface area contributed by atoms with Gasteiger partial charge in [0.25, 0.3) is 0 Å². The van der Waals surface area contributed by atoms with E-state index in [9.17, 15) is 14.4 Å². The van der Waals surface area contributed by atoms with Crippen LogP contribution in [0.5, 0.6) is 0 Å². The molecule has 0 atom stereocenters. The lowest BCUT2D eigenvalue weighted by Crippen LogP contribution is -2.37. The third-order valence-corrected chi connectivity index (χ3v) is 4.18. The summed E-state index contributed by atoms with van der Waals surface area (Å²) >= 11 is 11.6. The quantitative estimate of drug-likeness (QED) is 0.625. The second kappa shape index (κ2) is 8.17. The van der Waals surface area contributed by atoms with E-state index in [2.05, 4.69) is 10.6 Å². The number of nitrogens with zero attached hydrogens (tertiary/aromatic N) is 1. The van der Waals surface area contributed by atoms with Gasteiger partial charge in [0, 0.05) is 31.7 Å². The second-order valence-corrected chi connectivity index (χ2v) is 5.99. The highest BCUT2D eigenvalue weighted by Crippen LogP contribution is 2.24. The van der Waals surface area contributed by atoms with Crippen molar-refractivity contribution in [1.82, 2.24) is 10.2 Å². The Morgan fingerprint density at radius 2 is 1.96 bits per heavy atom. The molecular weight excluding hydrogens is 341 g/mol. The van der Waals surface area contributed by atoms with E-state index in [0.29, 0.717) is 41.7 Å². The maximum absolute atomic E-state index is 11.7. The molecule has 1 heterocycles. The summed E-state index contributed by atoms with van der Waals surface area (Å²) in [5.41, 5.74) is 0.391. The van der Waals surface area contributed by atoms with Gasteiger partial charge in [0.1, 0.15) is 0 Å². The average molecular weight is 358 g/mol. The van der Waals surface area contributed by atoms with Gasteiger partial charge in [-0.15, -0.1) is 0 Å². The topological polar surface area (TPSA) is 78.5 Å². The number of hydrogen-bond donors (Lipinski definition) is 2. The zero-order valence-corrected chi connectivity index (χ0v) is 13.9. The van der Waals surface area contributed by atoms with Gasteiger partial charge in [-0.25, -0.2) is 0 Å². The highest BCUT2D eigenvalue weighted by atomic mass is 35.5. The molecule has 1 aliphatic heterocycles. The molecule has 8 heteroatoms. The van der Waals surface area contributed by atoms with E-state index in [1.165, 1.54) is 12.1 Å². The molecule has 6 nitrogen and oxygen atoms in total. The Labute approximate surface area is 144 Å². The summed E-state index contributed by atoms with van der Waals surface area (Å²) < 4.78 is 0. The second-order valence-electron chi connectivity index (χ2n) is 5.18. The van der Waals surface area contributed by atoms with Gasteiger partial charge >= 0.3 is 11.8 Å². The van der Waals surface area contributed by atoms with Crippen molar-refractivity contribution in [2.24, 2.45) is 0 Å². The Balaban J connectivity index is 1.71. The predicted molar refractivity (Wildman–Crippen MR) is 88.5 cm³/mol. The number of likely N-dealkylation sites (tertiary alicyclic amines) is 1. The van der Waals surface area contributed by atoms with Gasteiger partial charge in [0.15, 0.2) is 0 Å². The minimum Gasteiger partial charge on any atom is -0.348 e. The van der Waals surface area contributed by atoms with Crippen LogP contribution >= 0.6 is 23.2 Å². The molecule has 1 aromatic rings. The van der Waals surface area contributed by atoms with Crippen LogP contribution < -0.4 is 10.6 Å². The lowest BCUT2D eigenvalue weighted by atomic mass is 10.3. The van der Waals surface area contributed by atoms with E-state index in [0.717, 1.165) is 13.0 Å². The summed E-state index contributed by atoms with van der Waals surface area (Å²) in [5, 5.41) is 5.62. The number of halogens is 2. The van der Waals surface area contributed by atoms with Gasteiger partial charge in [0.2, 0.25) is 5.91 Å². The molecule has 3 amide bonds. The number of nitrogens with one attached hydrogen (secondary N) is 2. The molecule has 0 spiro atoms. The lowest BCUT2D eigenvalue weighted by molar-refractivity contribution is -0.136. The molecule has 2 rings (SSSR count). The van der Waals surface area contributed by atoms with Crippen LogP contribution in [0, 0.1) is 0 Å². The summed E-state index contributed by atoms with van der Waals surface area (Å²) in [5.74, 6) is -1.36. The van der Waals surface area contributed by atoms with Crippen molar-refractivity contribution in [2.45, 2.75) is 19.3 Å². The number of benzene rings is 1. The van der Waals surface area contributed by atoms with Gasteiger partial charge in [0.05, 0.1) is 10.0 Å². The van der Waals surface area contributed by atoms with Crippen LogP contribution in [0.4, 0.5) is 5.69 Å². The van der Waals surface area contributed by atoms with Crippen LogP contribution in [0.1, 0.15) is 19.3 Å². The molecule has 0 radical (unpaired) electrons. The highest BCUT2D eigenvalue weighted by Gasteiger charge is 2.19. The van der Waals surface area contributed by atoms with Crippen molar-refractivity contribution >= 4 is 46.6 Å². The Morgan fingerprint density at radius 1 is 1.17 bits per heavy atom. The molecule has 0 aliphatic carbocycles. The summed E-state index contributed by atoms with van der Waals surface area (Å²) in [7, 11) is 0. The van der Waals surface area contributed by atoms with E-state index in [-0.39, 0.29) is 5.91 Å². The zero-order valence-electron chi connectivity index (χ0n) is 12.4. The summed E-state index contributed by atoms with van der Waals surface area (Å²) in [6.45, 7) is 1.69. The van der Waals surface area contributed by atoms with Crippen molar-refractivity contribution < 1.29 is 14.4 Å². The summed E-state index contributed by atoms with van der Waals surface area (Å²) in [6.07, 6.45) is 2.09. The zero-order chi connectivity index (χ0) is 16.8. The first-order valence-electron chi connectivity index (χ1n) is 7.29. The van der Waals surface area contributed by atoms with Crippen LogP contribution in [0.2, 0.25) is 10.0 Å². The monoisotopic (exact) mass is 357 g/mol. The lowest BCUT2D eigenvalue weighted by Gasteiger charge is -2.15. The molecule has 1 saturated heterocycles. The van der Waals surface area contributed by atoms with Gasteiger partial charge < -0.3 is 15.5 Å². The Bertz CT molecular complexity index is 622. The number of amides is 3. The van der Waals surface area contributed by atoms with Crippen LogP contribution in [0.15, 0.2) is 18.2 Å². The number of hydrogen-bond acceptors (Lipinski definition) is 3. The van der Waals surface area contributed by atoms with Crippen molar-refractivity contribution in [1.29, 1.82) is 0 Å². The standard InChI is InChI=1S/C15H17Cl2N3O3/c16-11-5-4-10(9-12(11)17)19-15(23)14(22)18-6-2-8-20-7-1-3-13(20)21/h4-5,9H,1-3,6-8H2,(H,18,22)(H,19,23). The van der Waals surface area contributed by atoms with Gasteiger partial charge in [-0.1, -0.05) is 23.2 Å². The maximum Gasteiger partial charge on any atom is 0.313 e. The van der Waals surface area contributed by atoms with Crippen LogP contribution in [-0.4, -0.2) is 42.3 Å². The smallest absolute Gasteiger partial charge is 0.313 e. The molecule has 0 saturated carbocycles. The van der Waals surface area contributed by atoms with E-state index >= 15 is 0 Å². The first-order valence-corrected chi connectivity index (χ1v) is 8.05. The third-order valence-electron chi connectivity index (χ3n) is 3.45. The normalized spacial score (nSPS) is 14.0. The predicted octanol–water partition coefficient (Wildman–Crippen LogP) is 2.06. The first kappa shape index (κ1) is 17.6. The first-order chi connectivity index (χ1) is 11.0. The Kier molecular flexibility index (Phi) is 6.24. The number of carbonyl (C=O) groups is 3. The molecule has 1 aromatic carbocycles. The van der Waals surface area contributed by atoms with E-state index in [4.69, 9.17) is 23.2 Å². The largest absolute Gasteiger partial charge is 0.348 e. The molecule has 124 valence electrons. The molecule has 2 N–H and O–H groups in total. The highest BCUT2D eigenvalue weighted by molar-refractivity contribution is 6.42. The van der Waals surface area contributed by atoms with Crippen molar-refractivity contribution in [3.05, 3.63) is 28.2 Å². The van der Waals surface area contributed by atoms with Gasteiger partial charge in [-0.2, -0.15) is 0 Å². The summed E-state index contributed by atoms with van der Waals surface area (Å²) in [6, 6.07) is 4.55. The number of anilines is 1. The minimum atomic E-state index is -0.777.